The largest absolute Gasteiger partial charge is 0.463 e. The van der Waals surface area contributed by atoms with Crippen LogP contribution in [0.25, 0.3) is 32.9 Å². The van der Waals surface area contributed by atoms with Gasteiger partial charge in [0.05, 0.1) is 16.8 Å². The highest BCUT2D eigenvalue weighted by Crippen LogP contribution is 2.38. The first kappa shape index (κ1) is 28.4. The quantitative estimate of drug-likeness (QED) is 0.194. The number of carbonyl (C=O) groups excluding carboxylic acids is 1. The molecule has 1 saturated heterocycles. The molecular weight excluding hydrogens is 576 g/mol. The number of benzene rings is 2. The van der Waals surface area contributed by atoms with Crippen molar-refractivity contribution in [2.75, 3.05) is 37.7 Å². The zero-order valence-electron chi connectivity index (χ0n) is 21.1. The SMILES string of the molecule is C=C(F)C(=O)N1CCN(c2nc(OCCC(F)(F)F)nc3c(F)c(-c4cccc5ccc(F)c(Cl)c45)ncc23)CC1. The number of rotatable bonds is 6. The van der Waals surface area contributed by atoms with Crippen molar-refractivity contribution in [3.05, 3.63) is 65.6 Å². The van der Waals surface area contributed by atoms with E-state index in [-0.39, 0.29) is 64.6 Å². The maximum Gasteiger partial charge on any atom is 0.392 e. The lowest BCUT2D eigenvalue weighted by Crippen LogP contribution is -2.49. The van der Waals surface area contributed by atoms with Gasteiger partial charge in [0.2, 0.25) is 0 Å². The third kappa shape index (κ3) is 5.71. The van der Waals surface area contributed by atoms with Crippen LogP contribution >= 0.6 is 11.6 Å². The Kier molecular flexibility index (Phi) is 7.64. The van der Waals surface area contributed by atoms with Crippen LogP contribution in [0, 0.1) is 11.6 Å². The highest BCUT2D eigenvalue weighted by Gasteiger charge is 2.29. The Morgan fingerprint density at radius 2 is 1.80 bits per heavy atom. The maximum absolute atomic E-state index is 16.2. The Bertz CT molecular complexity index is 1670. The second kappa shape index (κ2) is 11.0. The molecule has 1 aliphatic heterocycles. The fraction of sp³-hybridized carbons (Fsp3) is 0.259. The average molecular weight is 596 g/mol. The van der Waals surface area contributed by atoms with Crippen molar-refractivity contribution in [3.63, 3.8) is 0 Å². The molecule has 7 nitrogen and oxygen atoms in total. The molecule has 0 unspecified atom stereocenters. The number of aromatic nitrogens is 3. The lowest BCUT2D eigenvalue weighted by atomic mass is 10.0. The van der Waals surface area contributed by atoms with Crippen molar-refractivity contribution in [3.8, 4) is 17.3 Å². The molecule has 3 heterocycles. The number of nitrogens with zero attached hydrogens (tertiary/aromatic N) is 5. The minimum atomic E-state index is -4.51. The molecule has 214 valence electrons. The number of alkyl halides is 3. The smallest absolute Gasteiger partial charge is 0.392 e. The molecule has 2 aromatic carbocycles. The number of halogens is 7. The molecule has 1 aliphatic rings. The van der Waals surface area contributed by atoms with E-state index in [0.29, 0.717) is 5.39 Å². The molecule has 0 spiro atoms. The maximum atomic E-state index is 16.2. The number of anilines is 1. The molecule has 0 N–H and O–H groups in total. The topological polar surface area (TPSA) is 71.5 Å². The Morgan fingerprint density at radius 1 is 1.07 bits per heavy atom. The van der Waals surface area contributed by atoms with E-state index in [4.69, 9.17) is 16.3 Å². The van der Waals surface area contributed by atoms with Gasteiger partial charge in [0.25, 0.3) is 5.91 Å². The fourth-order valence-electron chi connectivity index (χ4n) is 4.57. The Balaban J connectivity index is 1.61. The molecular formula is C27H20ClF6N5O2. The van der Waals surface area contributed by atoms with E-state index in [1.807, 2.05) is 0 Å². The van der Waals surface area contributed by atoms with E-state index >= 15 is 4.39 Å². The molecule has 0 radical (unpaired) electrons. The molecule has 0 saturated carbocycles. The van der Waals surface area contributed by atoms with Crippen molar-refractivity contribution in [2.24, 2.45) is 0 Å². The summed E-state index contributed by atoms with van der Waals surface area (Å²) in [6.07, 6.45) is -4.51. The zero-order valence-corrected chi connectivity index (χ0v) is 21.9. The van der Waals surface area contributed by atoms with Crippen molar-refractivity contribution in [2.45, 2.75) is 12.6 Å². The number of fused-ring (bicyclic) bond motifs is 2. The minimum absolute atomic E-state index is 0.0750. The Labute approximate surface area is 234 Å². The van der Waals surface area contributed by atoms with Crippen LogP contribution in [0.2, 0.25) is 5.02 Å². The average Bonchev–Trinajstić information content (AvgIpc) is 2.94. The predicted molar refractivity (Wildman–Crippen MR) is 140 cm³/mol. The number of piperazine rings is 1. The summed E-state index contributed by atoms with van der Waals surface area (Å²) in [4.78, 5) is 27.4. The summed E-state index contributed by atoms with van der Waals surface area (Å²) in [6.45, 7) is 2.61. The molecule has 0 atom stereocenters. The molecule has 41 heavy (non-hydrogen) atoms. The normalized spacial score (nSPS) is 14.1. The molecule has 5 rings (SSSR count). The Morgan fingerprint density at radius 3 is 2.49 bits per heavy atom. The second-order valence-corrected chi connectivity index (χ2v) is 9.55. The van der Waals surface area contributed by atoms with Gasteiger partial charge in [0.15, 0.2) is 11.6 Å². The fourth-order valence-corrected chi connectivity index (χ4v) is 4.85. The van der Waals surface area contributed by atoms with Crippen molar-refractivity contribution >= 4 is 45.0 Å². The van der Waals surface area contributed by atoms with E-state index < -0.39 is 48.6 Å². The van der Waals surface area contributed by atoms with Gasteiger partial charge >= 0.3 is 12.2 Å². The first-order valence-electron chi connectivity index (χ1n) is 12.3. The molecule has 1 amide bonds. The van der Waals surface area contributed by atoms with Gasteiger partial charge in [-0.1, -0.05) is 42.4 Å². The number of carbonyl (C=O) groups is 1. The van der Waals surface area contributed by atoms with E-state index in [2.05, 4.69) is 21.5 Å². The van der Waals surface area contributed by atoms with E-state index in [1.54, 1.807) is 17.0 Å². The summed E-state index contributed by atoms with van der Waals surface area (Å²) < 4.78 is 87.2. The summed E-state index contributed by atoms with van der Waals surface area (Å²) >= 11 is 6.22. The summed E-state index contributed by atoms with van der Waals surface area (Å²) in [6, 6.07) is 6.93. The van der Waals surface area contributed by atoms with E-state index in [1.165, 1.54) is 29.3 Å². The van der Waals surface area contributed by atoms with Crippen molar-refractivity contribution in [1.82, 2.24) is 19.9 Å². The van der Waals surface area contributed by atoms with Crippen LogP contribution in [0.5, 0.6) is 6.01 Å². The second-order valence-electron chi connectivity index (χ2n) is 9.18. The van der Waals surface area contributed by atoms with Crippen molar-refractivity contribution < 1.29 is 35.9 Å². The van der Waals surface area contributed by atoms with Gasteiger partial charge in [-0.25, -0.2) is 13.2 Å². The van der Waals surface area contributed by atoms with Gasteiger partial charge < -0.3 is 14.5 Å². The van der Waals surface area contributed by atoms with Gasteiger partial charge in [0.1, 0.15) is 29.5 Å². The van der Waals surface area contributed by atoms with Gasteiger partial charge in [0, 0.05) is 43.3 Å². The first-order valence-corrected chi connectivity index (χ1v) is 12.6. The summed E-state index contributed by atoms with van der Waals surface area (Å²) in [5.41, 5.74) is -0.356. The number of hydrogen-bond acceptors (Lipinski definition) is 6. The summed E-state index contributed by atoms with van der Waals surface area (Å²) in [7, 11) is 0. The predicted octanol–water partition coefficient (Wildman–Crippen LogP) is 6.24. The summed E-state index contributed by atoms with van der Waals surface area (Å²) in [5.74, 6) is -3.55. The first-order chi connectivity index (χ1) is 19.4. The van der Waals surface area contributed by atoms with Crippen LogP contribution in [-0.2, 0) is 4.79 Å². The molecule has 0 bridgehead atoms. The monoisotopic (exact) mass is 595 g/mol. The van der Waals surface area contributed by atoms with Crippen molar-refractivity contribution in [1.29, 1.82) is 0 Å². The Hall–Kier alpha value is -4.13. The molecule has 0 aliphatic carbocycles. The van der Waals surface area contributed by atoms with E-state index in [0.717, 1.165) is 0 Å². The van der Waals surface area contributed by atoms with Crippen LogP contribution in [-0.4, -0.2) is 64.7 Å². The highest BCUT2D eigenvalue weighted by atomic mass is 35.5. The summed E-state index contributed by atoms with van der Waals surface area (Å²) in [5, 5.41) is 0.619. The van der Waals surface area contributed by atoms with Gasteiger partial charge in [-0.05, 0) is 11.5 Å². The van der Waals surface area contributed by atoms with E-state index in [9.17, 15) is 26.7 Å². The van der Waals surface area contributed by atoms with Crippen LogP contribution < -0.4 is 9.64 Å². The standard InChI is InChI=1S/C27H20ClF6N5O2/c1-14(29)25(40)39-10-8-38(9-11-39)24-17-13-35-22(16-4-2-3-15-5-6-18(30)20(28)19(15)16)21(31)23(17)36-26(37-24)41-12-7-27(32,33)34/h2-6,13H,1,7-12H2. The van der Waals surface area contributed by atoms with Crippen LogP contribution in [0.15, 0.2) is 48.9 Å². The lowest BCUT2D eigenvalue weighted by molar-refractivity contribution is -0.139. The van der Waals surface area contributed by atoms with Crippen LogP contribution in [0.3, 0.4) is 0 Å². The molecule has 14 heteroatoms. The third-order valence-corrected chi connectivity index (χ3v) is 6.92. The molecule has 4 aromatic rings. The zero-order chi connectivity index (χ0) is 29.5. The highest BCUT2D eigenvalue weighted by molar-refractivity contribution is 6.36. The van der Waals surface area contributed by atoms with Gasteiger partial charge in [-0.3, -0.25) is 9.78 Å². The molecule has 1 fully saturated rings. The van der Waals surface area contributed by atoms with Crippen LogP contribution in [0.1, 0.15) is 6.42 Å². The number of hydrogen-bond donors (Lipinski definition) is 0. The number of pyridine rings is 1. The number of ether oxygens (including phenoxy) is 1. The lowest BCUT2D eigenvalue weighted by Gasteiger charge is -2.35. The minimum Gasteiger partial charge on any atom is -0.463 e. The van der Waals surface area contributed by atoms with Gasteiger partial charge in [-0.2, -0.15) is 23.1 Å². The number of amides is 1. The van der Waals surface area contributed by atoms with Gasteiger partial charge in [-0.15, -0.1) is 0 Å². The third-order valence-electron chi connectivity index (χ3n) is 6.55. The molecule has 2 aromatic heterocycles. The van der Waals surface area contributed by atoms with Crippen LogP contribution in [0.4, 0.5) is 32.2 Å².